The Morgan fingerprint density at radius 1 is 0.417 bits per heavy atom. The van der Waals surface area contributed by atoms with Crippen molar-refractivity contribution in [1.29, 1.82) is 0 Å². The molecule has 0 radical (unpaired) electrons. The number of hydrogen-bond donors (Lipinski definition) is 2. The topological polar surface area (TPSA) is 142 Å². The smallest absolute Gasteiger partial charge is 0.410 e. The van der Waals surface area contributed by atoms with Gasteiger partial charge in [-0.2, -0.15) is 0 Å². The van der Waals surface area contributed by atoms with Gasteiger partial charge in [-0.25, -0.2) is 19.2 Å². The van der Waals surface area contributed by atoms with Gasteiger partial charge in [-0.15, -0.1) is 0 Å². The predicted octanol–water partition coefficient (Wildman–Crippen LogP) is 9.19. The number of rotatable bonds is 24. The molecule has 0 aromatic heterocycles. The minimum Gasteiger partial charge on any atom is -0.444 e. The Labute approximate surface area is 363 Å². The zero-order valence-corrected chi connectivity index (χ0v) is 40.1. The van der Waals surface area contributed by atoms with Gasteiger partial charge in [0, 0.05) is 66.5 Å². The molecule has 1 rings (SSSR count). The molecule has 14 nitrogen and oxygen atoms in total. The summed E-state index contributed by atoms with van der Waals surface area (Å²) in [5.74, 6) is 0. The van der Waals surface area contributed by atoms with Crippen LogP contribution < -0.4 is 10.6 Å². The summed E-state index contributed by atoms with van der Waals surface area (Å²) in [5, 5.41) is 7.05. The maximum Gasteiger partial charge on any atom is 0.410 e. The number of benzene rings is 1. The highest BCUT2D eigenvalue weighted by molar-refractivity contribution is 5.69. The molecule has 0 saturated heterocycles. The van der Waals surface area contributed by atoms with Gasteiger partial charge in [0.15, 0.2) is 0 Å². The molecule has 0 aliphatic carbocycles. The molecule has 0 unspecified atom stereocenters. The lowest BCUT2D eigenvalue weighted by molar-refractivity contribution is 0.0224. The van der Waals surface area contributed by atoms with Crippen LogP contribution in [0.4, 0.5) is 19.2 Å². The predicted molar refractivity (Wildman–Crippen MR) is 240 cm³/mol. The number of ether oxygens (including phenoxy) is 4. The number of carbonyl (C=O) groups excluding carboxylic acids is 4. The van der Waals surface area contributed by atoms with E-state index in [0.717, 1.165) is 77.5 Å². The van der Waals surface area contributed by atoms with E-state index < -0.39 is 22.4 Å². The van der Waals surface area contributed by atoms with E-state index in [4.69, 9.17) is 18.9 Å². The largest absolute Gasteiger partial charge is 0.444 e. The fourth-order valence-corrected chi connectivity index (χ4v) is 5.75. The first-order valence-corrected chi connectivity index (χ1v) is 22.1. The maximum absolute atomic E-state index is 12.9. The van der Waals surface area contributed by atoms with Crippen molar-refractivity contribution in [2.24, 2.45) is 0 Å². The van der Waals surface area contributed by atoms with Crippen molar-refractivity contribution in [1.82, 2.24) is 30.2 Å². The number of nitrogens with zero attached hydrogens (tertiary/aromatic N) is 4. The van der Waals surface area contributed by atoms with Gasteiger partial charge in [-0.1, -0.05) is 24.3 Å². The quantitative estimate of drug-likeness (QED) is 0.0764. The SMILES string of the molecule is CN(CCCCN(CCCCNCc1ccc(CNCCCCN(CCCCN(C)C(=O)OC(C)(C)C)C(=O)OC(C)(C)C)cc1)C(=O)OC(C)(C)C)C(=O)OC(C)(C)C. The Hall–Kier alpha value is -3.78. The minimum absolute atomic E-state index is 0.305. The first-order chi connectivity index (χ1) is 27.7. The van der Waals surface area contributed by atoms with E-state index >= 15 is 0 Å². The van der Waals surface area contributed by atoms with Gasteiger partial charge >= 0.3 is 24.4 Å². The van der Waals surface area contributed by atoms with Gasteiger partial charge in [0.25, 0.3) is 0 Å². The van der Waals surface area contributed by atoms with Gasteiger partial charge in [0.2, 0.25) is 0 Å². The molecule has 0 saturated carbocycles. The van der Waals surface area contributed by atoms with E-state index in [2.05, 4.69) is 34.9 Å². The summed E-state index contributed by atoms with van der Waals surface area (Å²) in [6.07, 6.45) is 5.26. The molecule has 2 N–H and O–H groups in total. The van der Waals surface area contributed by atoms with Gasteiger partial charge < -0.3 is 49.2 Å². The number of amides is 4. The van der Waals surface area contributed by atoms with Crippen LogP contribution in [0.2, 0.25) is 0 Å². The molecule has 0 fully saturated rings. The van der Waals surface area contributed by atoms with E-state index in [1.165, 1.54) is 11.1 Å². The average Bonchev–Trinajstić information content (AvgIpc) is 3.10. The van der Waals surface area contributed by atoms with Crippen LogP contribution in [-0.4, -0.2) is 133 Å². The lowest BCUT2D eigenvalue weighted by Gasteiger charge is -2.28. The van der Waals surface area contributed by atoms with E-state index in [1.807, 2.05) is 83.1 Å². The van der Waals surface area contributed by atoms with Crippen LogP contribution in [-0.2, 0) is 32.0 Å². The summed E-state index contributed by atoms with van der Waals surface area (Å²) in [5.41, 5.74) is 0.212. The fourth-order valence-electron chi connectivity index (χ4n) is 5.75. The zero-order valence-electron chi connectivity index (χ0n) is 40.1. The summed E-state index contributed by atoms with van der Waals surface area (Å²) in [4.78, 5) is 57.2. The second-order valence-electron chi connectivity index (χ2n) is 19.7. The van der Waals surface area contributed by atoms with Gasteiger partial charge in [-0.3, -0.25) is 0 Å². The van der Waals surface area contributed by atoms with Crippen molar-refractivity contribution in [2.75, 3.05) is 66.5 Å². The van der Waals surface area contributed by atoms with Crippen molar-refractivity contribution in [2.45, 2.75) is 170 Å². The van der Waals surface area contributed by atoms with E-state index in [9.17, 15) is 19.2 Å². The third-order valence-electron chi connectivity index (χ3n) is 8.80. The fraction of sp³-hybridized carbons (Fsp3) is 0.783. The van der Waals surface area contributed by atoms with Gasteiger partial charge in [0.1, 0.15) is 22.4 Å². The van der Waals surface area contributed by atoms with Crippen LogP contribution in [0.25, 0.3) is 0 Å². The highest BCUT2D eigenvalue weighted by atomic mass is 16.6. The molecule has 346 valence electrons. The molecular formula is C46H84N6O8. The van der Waals surface area contributed by atoms with E-state index in [1.54, 1.807) is 33.7 Å². The Kier molecular flexibility index (Phi) is 24.0. The first-order valence-electron chi connectivity index (χ1n) is 22.1. The monoisotopic (exact) mass is 849 g/mol. The highest BCUT2D eigenvalue weighted by Crippen LogP contribution is 2.15. The molecule has 0 bridgehead atoms. The molecule has 60 heavy (non-hydrogen) atoms. The van der Waals surface area contributed by atoms with Crippen LogP contribution in [0.3, 0.4) is 0 Å². The maximum atomic E-state index is 12.9. The Morgan fingerprint density at radius 2 is 0.667 bits per heavy atom. The van der Waals surface area contributed by atoms with E-state index in [0.29, 0.717) is 39.3 Å². The van der Waals surface area contributed by atoms with Crippen LogP contribution in [0.15, 0.2) is 24.3 Å². The number of hydrogen-bond acceptors (Lipinski definition) is 10. The van der Waals surface area contributed by atoms with E-state index in [-0.39, 0.29) is 24.4 Å². The molecule has 0 heterocycles. The summed E-state index contributed by atoms with van der Waals surface area (Å²) in [7, 11) is 3.47. The van der Waals surface area contributed by atoms with Crippen molar-refractivity contribution < 1.29 is 38.1 Å². The molecule has 0 atom stereocenters. The van der Waals surface area contributed by atoms with Crippen molar-refractivity contribution >= 4 is 24.4 Å². The van der Waals surface area contributed by atoms with Crippen molar-refractivity contribution in [3.63, 3.8) is 0 Å². The van der Waals surface area contributed by atoms with Gasteiger partial charge in [0.05, 0.1) is 0 Å². The number of carbonyl (C=O) groups is 4. The zero-order chi connectivity index (χ0) is 45.6. The molecule has 1 aromatic carbocycles. The first kappa shape index (κ1) is 54.2. The Balaban J connectivity index is 2.42. The lowest BCUT2D eigenvalue weighted by Crippen LogP contribution is -2.38. The molecular weight excluding hydrogens is 765 g/mol. The third kappa shape index (κ3) is 27.9. The number of unbranched alkanes of at least 4 members (excludes halogenated alkanes) is 4. The molecule has 0 aliphatic heterocycles. The van der Waals surface area contributed by atoms with Gasteiger partial charge in [-0.05, 0) is 159 Å². The van der Waals surface area contributed by atoms with Crippen LogP contribution in [0, 0.1) is 0 Å². The average molecular weight is 849 g/mol. The molecule has 0 aliphatic rings. The molecule has 1 aromatic rings. The number of nitrogens with one attached hydrogen (secondary N) is 2. The van der Waals surface area contributed by atoms with Crippen molar-refractivity contribution in [3.05, 3.63) is 35.4 Å². The molecule has 14 heteroatoms. The second-order valence-corrected chi connectivity index (χ2v) is 19.7. The molecule has 4 amide bonds. The normalized spacial score (nSPS) is 12.1. The highest BCUT2D eigenvalue weighted by Gasteiger charge is 2.24. The second kappa shape index (κ2) is 26.5. The van der Waals surface area contributed by atoms with Crippen LogP contribution >= 0.6 is 0 Å². The Morgan fingerprint density at radius 3 is 0.950 bits per heavy atom. The van der Waals surface area contributed by atoms with Crippen LogP contribution in [0.1, 0.15) is 146 Å². The third-order valence-corrected chi connectivity index (χ3v) is 8.80. The summed E-state index contributed by atoms with van der Waals surface area (Å²) in [6.45, 7) is 29.0. The standard InChI is InChI=1S/C46H84N6O8/c1-43(2,3)57-39(53)49(13)29-19-21-33-51(41(55)59-45(7,8)9)31-17-15-27-47-35-37-23-25-38(26-24-37)36-48-28-16-18-32-52(42(56)60-46(10,11)12)34-22-20-30-50(14)40(54)58-44(4,5)6/h23-26,47-48H,15-22,27-36H2,1-14H3. The van der Waals surface area contributed by atoms with Crippen molar-refractivity contribution in [3.8, 4) is 0 Å². The summed E-state index contributed by atoms with van der Waals surface area (Å²) >= 11 is 0. The Bertz CT molecular complexity index is 1290. The molecule has 0 spiro atoms. The summed E-state index contributed by atoms with van der Waals surface area (Å²) in [6, 6.07) is 8.61. The minimum atomic E-state index is -0.570. The lowest BCUT2D eigenvalue weighted by atomic mass is 10.1. The van der Waals surface area contributed by atoms with Crippen LogP contribution in [0.5, 0.6) is 0 Å². The summed E-state index contributed by atoms with van der Waals surface area (Å²) < 4.78 is 22.2.